The van der Waals surface area contributed by atoms with Gasteiger partial charge in [-0.05, 0) is 24.6 Å². The lowest BCUT2D eigenvalue weighted by atomic mass is 10.2. The number of nitrogens with one attached hydrogen (secondary N) is 1. The number of benzene rings is 1. The van der Waals surface area contributed by atoms with Crippen LogP contribution in [0, 0.1) is 6.92 Å². The lowest BCUT2D eigenvalue weighted by Crippen LogP contribution is -2.09. The van der Waals surface area contributed by atoms with E-state index in [2.05, 4.69) is 9.71 Å². The number of fused-ring (bicyclic) bond motifs is 1. The average Bonchev–Trinajstić information content (AvgIpc) is 2.42. The molecule has 15 heavy (non-hydrogen) atoms. The number of hydrogen-bond acceptors (Lipinski definition) is 4. The molecule has 0 aliphatic carbocycles. The second kappa shape index (κ2) is 3.23. The monoisotopic (exact) mass is 226 g/mol. The molecule has 0 unspecified atom stereocenters. The summed E-state index contributed by atoms with van der Waals surface area (Å²) in [7, 11) is -3.34. The molecule has 0 bridgehead atoms. The zero-order chi connectivity index (χ0) is 11.1. The Balaban J connectivity index is 2.48. The highest BCUT2D eigenvalue weighted by Gasteiger charge is 2.09. The minimum Gasteiger partial charge on any atom is -0.423 e. The van der Waals surface area contributed by atoms with Crippen molar-refractivity contribution in [3.63, 3.8) is 0 Å². The van der Waals surface area contributed by atoms with Crippen LogP contribution in [0.3, 0.4) is 0 Å². The molecule has 1 aromatic heterocycles. The number of sulfonamides is 1. The molecule has 1 aromatic carbocycles. The van der Waals surface area contributed by atoms with Gasteiger partial charge in [-0.15, -0.1) is 0 Å². The van der Waals surface area contributed by atoms with Crippen LogP contribution in [0.4, 0.5) is 6.01 Å². The largest absolute Gasteiger partial charge is 0.423 e. The Bertz CT molecular complexity index is 601. The van der Waals surface area contributed by atoms with Crippen LogP contribution in [0.1, 0.15) is 5.56 Å². The number of oxazole rings is 1. The summed E-state index contributed by atoms with van der Waals surface area (Å²) >= 11 is 0. The molecule has 0 aliphatic heterocycles. The standard InChI is InChI=1S/C9H10N2O3S/c1-6-3-4-7-8(5-6)14-9(10-7)11-15(2,12)13/h3-5H,1-2H3,(H,10,11). The van der Waals surface area contributed by atoms with Crippen molar-refractivity contribution in [2.24, 2.45) is 0 Å². The fraction of sp³-hybridized carbons (Fsp3) is 0.222. The predicted molar refractivity (Wildman–Crippen MR) is 57.2 cm³/mol. The first-order chi connectivity index (χ1) is 6.94. The zero-order valence-electron chi connectivity index (χ0n) is 8.31. The number of aromatic nitrogens is 1. The maximum Gasteiger partial charge on any atom is 0.309 e. The van der Waals surface area contributed by atoms with Crippen LogP contribution in [0.2, 0.25) is 0 Å². The van der Waals surface area contributed by atoms with Crippen molar-refractivity contribution in [1.29, 1.82) is 0 Å². The third-order valence-corrected chi connectivity index (χ3v) is 2.36. The number of hydrogen-bond donors (Lipinski definition) is 1. The highest BCUT2D eigenvalue weighted by molar-refractivity contribution is 7.91. The van der Waals surface area contributed by atoms with Gasteiger partial charge in [0, 0.05) is 0 Å². The third kappa shape index (κ3) is 2.27. The molecular weight excluding hydrogens is 216 g/mol. The van der Waals surface area contributed by atoms with Crippen molar-refractivity contribution >= 4 is 27.1 Å². The molecule has 0 fully saturated rings. The van der Waals surface area contributed by atoms with E-state index in [-0.39, 0.29) is 6.01 Å². The normalized spacial score (nSPS) is 11.9. The molecule has 0 atom stereocenters. The van der Waals surface area contributed by atoms with Crippen LogP contribution in [-0.2, 0) is 10.0 Å². The van der Waals surface area contributed by atoms with Gasteiger partial charge in [0.1, 0.15) is 5.52 Å². The fourth-order valence-corrected chi connectivity index (χ4v) is 1.64. The highest BCUT2D eigenvalue weighted by atomic mass is 32.2. The second-order valence-electron chi connectivity index (χ2n) is 3.36. The number of rotatable bonds is 2. The Morgan fingerprint density at radius 3 is 2.80 bits per heavy atom. The van der Waals surface area contributed by atoms with Crippen LogP contribution in [0.5, 0.6) is 0 Å². The van der Waals surface area contributed by atoms with Gasteiger partial charge < -0.3 is 4.42 Å². The van der Waals surface area contributed by atoms with Gasteiger partial charge in [-0.2, -0.15) is 4.98 Å². The third-order valence-electron chi connectivity index (χ3n) is 1.82. The van der Waals surface area contributed by atoms with E-state index >= 15 is 0 Å². The summed E-state index contributed by atoms with van der Waals surface area (Å²) in [5.41, 5.74) is 2.23. The predicted octanol–water partition coefficient (Wildman–Crippen LogP) is 1.51. The van der Waals surface area contributed by atoms with Gasteiger partial charge >= 0.3 is 6.01 Å². The van der Waals surface area contributed by atoms with Crippen molar-refractivity contribution in [2.45, 2.75) is 6.92 Å². The average molecular weight is 226 g/mol. The van der Waals surface area contributed by atoms with Gasteiger partial charge in [-0.3, -0.25) is 0 Å². The van der Waals surface area contributed by atoms with Crippen molar-refractivity contribution in [3.05, 3.63) is 23.8 Å². The Hall–Kier alpha value is -1.56. The Labute approximate surface area is 87.2 Å². The smallest absolute Gasteiger partial charge is 0.309 e. The zero-order valence-corrected chi connectivity index (χ0v) is 9.13. The van der Waals surface area contributed by atoms with E-state index < -0.39 is 10.0 Å². The molecule has 0 amide bonds. The van der Waals surface area contributed by atoms with E-state index in [1.807, 2.05) is 13.0 Å². The van der Waals surface area contributed by atoms with Crippen molar-refractivity contribution in [2.75, 3.05) is 11.0 Å². The van der Waals surface area contributed by atoms with E-state index in [1.54, 1.807) is 12.1 Å². The number of aryl methyl sites for hydroxylation is 1. The summed E-state index contributed by atoms with van der Waals surface area (Å²) in [5.74, 6) is 0. The van der Waals surface area contributed by atoms with Gasteiger partial charge in [-0.25, -0.2) is 13.1 Å². The Morgan fingerprint density at radius 2 is 2.13 bits per heavy atom. The molecule has 0 radical (unpaired) electrons. The highest BCUT2D eigenvalue weighted by Crippen LogP contribution is 2.20. The van der Waals surface area contributed by atoms with Crippen LogP contribution in [-0.4, -0.2) is 19.7 Å². The van der Waals surface area contributed by atoms with E-state index in [0.717, 1.165) is 11.8 Å². The van der Waals surface area contributed by atoms with Crippen molar-refractivity contribution in [1.82, 2.24) is 4.98 Å². The van der Waals surface area contributed by atoms with Crippen LogP contribution in [0.25, 0.3) is 11.1 Å². The Morgan fingerprint density at radius 1 is 1.40 bits per heavy atom. The van der Waals surface area contributed by atoms with Crippen LogP contribution >= 0.6 is 0 Å². The van der Waals surface area contributed by atoms with Crippen LogP contribution < -0.4 is 4.72 Å². The van der Waals surface area contributed by atoms with Gasteiger partial charge in [0.2, 0.25) is 10.0 Å². The minimum absolute atomic E-state index is 0.00176. The minimum atomic E-state index is -3.34. The fourth-order valence-electron chi connectivity index (χ4n) is 1.23. The first-order valence-electron chi connectivity index (χ1n) is 4.29. The van der Waals surface area contributed by atoms with Gasteiger partial charge in [0.15, 0.2) is 5.58 Å². The summed E-state index contributed by atoms with van der Waals surface area (Å²) in [6.07, 6.45) is 1.05. The Kier molecular flexibility index (Phi) is 2.15. The number of anilines is 1. The summed E-state index contributed by atoms with van der Waals surface area (Å²) in [4.78, 5) is 3.98. The molecular formula is C9H10N2O3S. The van der Waals surface area contributed by atoms with Crippen LogP contribution in [0.15, 0.2) is 22.6 Å². The molecule has 1 heterocycles. The molecule has 1 N–H and O–H groups in total. The maximum absolute atomic E-state index is 10.9. The second-order valence-corrected chi connectivity index (χ2v) is 5.11. The molecule has 80 valence electrons. The van der Waals surface area contributed by atoms with Gasteiger partial charge in [0.25, 0.3) is 0 Å². The SMILES string of the molecule is Cc1ccc2nc(NS(C)(=O)=O)oc2c1. The topological polar surface area (TPSA) is 72.2 Å². The number of nitrogens with zero attached hydrogens (tertiary/aromatic N) is 1. The molecule has 2 aromatic rings. The summed E-state index contributed by atoms with van der Waals surface area (Å²) in [6.45, 7) is 1.92. The molecule has 5 nitrogen and oxygen atoms in total. The first kappa shape index (κ1) is 9.97. The summed E-state index contributed by atoms with van der Waals surface area (Å²) < 4.78 is 29.3. The quantitative estimate of drug-likeness (QED) is 0.842. The van der Waals surface area contributed by atoms with E-state index in [0.29, 0.717) is 11.1 Å². The van der Waals surface area contributed by atoms with Gasteiger partial charge in [0.05, 0.1) is 6.26 Å². The first-order valence-corrected chi connectivity index (χ1v) is 6.18. The van der Waals surface area contributed by atoms with E-state index in [1.165, 1.54) is 0 Å². The molecule has 0 saturated carbocycles. The maximum atomic E-state index is 10.9. The van der Waals surface area contributed by atoms with E-state index in [9.17, 15) is 8.42 Å². The molecule has 0 saturated heterocycles. The molecule has 0 aliphatic rings. The van der Waals surface area contributed by atoms with Gasteiger partial charge in [-0.1, -0.05) is 6.07 Å². The van der Waals surface area contributed by atoms with E-state index in [4.69, 9.17) is 4.42 Å². The molecule has 0 spiro atoms. The van der Waals surface area contributed by atoms with Crippen molar-refractivity contribution < 1.29 is 12.8 Å². The molecule has 2 rings (SSSR count). The molecule has 6 heteroatoms. The van der Waals surface area contributed by atoms with Crippen molar-refractivity contribution in [3.8, 4) is 0 Å². The summed E-state index contributed by atoms with van der Waals surface area (Å²) in [5, 5.41) is 0. The lowest BCUT2D eigenvalue weighted by molar-refractivity contribution is 0.596. The lowest BCUT2D eigenvalue weighted by Gasteiger charge is -1.94. The summed E-state index contributed by atoms with van der Waals surface area (Å²) in [6, 6.07) is 5.46.